The predicted molar refractivity (Wildman–Crippen MR) is 52.1 cm³/mol. The highest BCUT2D eigenvalue weighted by molar-refractivity contribution is 7.82. The third-order valence-corrected chi connectivity index (χ3v) is 2.85. The molecule has 6 nitrogen and oxygen atoms in total. The second-order valence-electron chi connectivity index (χ2n) is 3.05. The monoisotopic (exact) mass is 231 g/mol. The second-order valence-corrected chi connectivity index (χ2v) is 4.20. The lowest BCUT2D eigenvalue weighted by Crippen LogP contribution is -2.08. The topological polar surface area (TPSA) is 98.9 Å². The molecule has 0 aliphatic carbocycles. The SMILES string of the molecule is CCc1c(N)cc2c(c1O)OS(=O)(=O)O2. The third-order valence-electron chi connectivity index (χ3n) is 2.09. The number of rotatable bonds is 1. The molecule has 1 aliphatic rings. The van der Waals surface area contributed by atoms with Gasteiger partial charge in [0, 0.05) is 17.3 Å². The Morgan fingerprint density at radius 3 is 2.73 bits per heavy atom. The molecule has 0 radical (unpaired) electrons. The average Bonchev–Trinajstić information content (AvgIpc) is 2.41. The Hall–Kier alpha value is -1.63. The minimum absolute atomic E-state index is 0.0813. The molecule has 0 bridgehead atoms. The number of phenols is 1. The molecule has 2 rings (SSSR count). The maximum atomic E-state index is 11.0. The van der Waals surface area contributed by atoms with E-state index in [1.807, 2.05) is 0 Å². The van der Waals surface area contributed by atoms with Crippen LogP contribution in [-0.2, 0) is 16.8 Å². The first-order valence-electron chi connectivity index (χ1n) is 4.23. The zero-order chi connectivity index (χ0) is 11.2. The Balaban J connectivity index is 2.67. The van der Waals surface area contributed by atoms with Gasteiger partial charge in [0.1, 0.15) is 0 Å². The highest BCUT2D eigenvalue weighted by Crippen LogP contribution is 2.47. The smallest absolute Gasteiger partial charge is 0.501 e. The summed E-state index contributed by atoms with van der Waals surface area (Å²) in [7, 11) is -4.09. The molecular weight excluding hydrogens is 222 g/mol. The van der Waals surface area contributed by atoms with Gasteiger partial charge in [0.2, 0.25) is 5.75 Å². The lowest BCUT2D eigenvalue weighted by molar-refractivity contribution is 0.417. The molecule has 15 heavy (non-hydrogen) atoms. The molecule has 0 unspecified atom stereocenters. The Morgan fingerprint density at radius 1 is 1.47 bits per heavy atom. The van der Waals surface area contributed by atoms with Gasteiger partial charge in [-0.15, -0.1) is 8.42 Å². The predicted octanol–water partition coefficient (Wildman–Crippen LogP) is 0.553. The number of fused-ring (bicyclic) bond motifs is 1. The molecule has 82 valence electrons. The number of phenolic OH excluding ortho intramolecular Hbond substituents is 1. The van der Waals surface area contributed by atoms with E-state index in [9.17, 15) is 13.5 Å². The molecule has 1 heterocycles. The summed E-state index contributed by atoms with van der Waals surface area (Å²) < 4.78 is 30.8. The first-order chi connectivity index (χ1) is 6.94. The van der Waals surface area contributed by atoms with E-state index in [1.165, 1.54) is 6.07 Å². The molecule has 0 amide bonds. The van der Waals surface area contributed by atoms with Crippen LogP contribution in [0.4, 0.5) is 5.69 Å². The molecule has 1 aliphatic heterocycles. The van der Waals surface area contributed by atoms with E-state index < -0.39 is 10.4 Å². The summed E-state index contributed by atoms with van der Waals surface area (Å²) in [6, 6.07) is 1.32. The fraction of sp³-hybridized carbons (Fsp3) is 0.250. The number of hydrogen-bond donors (Lipinski definition) is 2. The van der Waals surface area contributed by atoms with Crippen LogP contribution in [0.15, 0.2) is 6.07 Å². The highest BCUT2D eigenvalue weighted by atomic mass is 32.3. The van der Waals surface area contributed by atoms with Crippen molar-refractivity contribution in [2.24, 2.45) is 0 Å². The van der Waals surface area contributed by atoms with Crippen LogP contribution in [0.3, 0.4) is 0 Å². The van der Waals surface area contributed by atoms with Crippen molar-refractivity contribution in [3.8, 4) is 17.2 Å². The number of anilines is 1. The van der Waals surface area contributed by atoms with Gasteiger partial charge in [-0.25, -0.2) is 0 Å². The second kappa shape index (κ2) is 2.93. The minimum Gasteiger partial charge on any atom is -0.504 e. The largest absolute Gasteiger partial charge is 0.504 e. The van der Waals surface area contributed by atoms with Gasteiger partial charge in [0.15, 0.2) is 11.5 Å². The number of aromatic hydroxyl groups is 1. The number of hydrogen-bond acceptors (Lipinski definition) is 6. The van der Waals surface area contributed by atoms with E-state index in [1.54, 1.807) is 6.92 Å². The Labute approximate surface area is 86.6 Å². The summed E-state index contributed by atoms with van der Waals surface area (Å²) >= 11 is 0. The molecule has 1 aromatic carbocycles. The van der Waals surface area contributed by atoms with Gasteiger partial charge in [0.25, 0.3) is 0 Å². The summed E-state index contributed by atoms with van der Waals surface area (Å²) in [6.07, 6.45) is 0.467. The van der Waals surface area contributed by atoms with Crippen molar-refractivity contribution in [2.45, 2.75) is 13.3 Å². The van der Waals surface area contributed by atoms with Crippen molar-refractivity contribution in [1.29, 1.82) is 0 Å². The van der Waals surface area contributed by atoms with Crippen LogP contribution in [0.2, 0.25) is 0 Å². The lowest BCUT2D eigenvalue weighted by Gasteiger charge is -2.06. The van der Waals surface area contributed by atoms with Crippen LogP contribution in [0.5, 0.6) is 17.2 Å². The van der Waals surface area contributed by atoms with Crippen LogP contribution in [0.1, 0.15) is 12.5 Å². The standard InChI is InChI=1S/C8H9NO5S/c1-2-4-5(9)3-6-8(7(4)10)14-15(11,12)13-6/h3,10H,2,9H2,1H3. The molecule has 0 saturated carbocycles. The summed E-state index contributed by atoms with van der Waals surface area (Å²) in [4.78, 5) is 0. The minimum atomic E-state index is -4.09. The van der Waals surface area contributed by atoms with E-state index >= 15 is 0 Å². The van der Waals surface area contributed by atoms with Crippen LogP contribution in [0.25, 0.3) is 0 Å². The van der Waals surface area contributed by atoms with Crippen LogP contribution in [0, 0.1) is 0 Å². The van der Waals surface area contributed by atoms with Gasteiger partial charge < -0.3 is 19.2 Å². The molecule has 0 spiro atoms. The molecule has 1 aromatic rings. The van der Waals surface area contributed by atoms with E-state index in [-0.39, 0.29) is 22.9 Å². The van der Waals surface area contributed by atoms with Gasteiger partial charge >= 0.3 is 10.4 Å². The molecule has 3 N–H and O–H groups in total. The normalized spacial score (nSPS) is 16.6. The van der Waals surface area contributed by atoms with Gasteiger partial charge in [0.05, 0.1) is 0 Å². The Morgan fingerprint density at radius 2 is 2.13 bits per heavy atom. The summed E-state index contributed by atoms with van der Waals surface area (Å²) in [5, 5.41) is 9.67. The fourth-order valence-electron chi connectivity index (χ4n) is 1.43. The van der Waals surface area contributed by atoms with Gasteiger partial charge in [-0.3, -0.25) is 0 Å². The van der Waals surface area contributed by atoms with Crippen LogP contribution < -0.4 is 14.1 Å². The van der Waals surface area contributed by atoms with Crippen LogP contribution in [-0.4, -0.2) is 13.5 Å². The van der Waals surface area contributed by atoms with Crippen molar-refractivity contribution >= 4 is 16.1 Å². The Bertz CT molecular complexity index is 522. The first-order valence-corrected chi connectivity index (χ1v) is 5.56. The summed E-state index contributed by atoms with van der Waals surface area (Å²) in [5.41, 5.74) is 6.32. The van der Waals surface area contributed by atoms with E-state index in [2.05, 4.69) is 8.37 Å². The zero-order valence-electron chi connectivity index (χ0n) is 7.85. The third kappa shape index (κ3) is 1.44. The molecule has 0 saturated heterocycles. The summed E-state index contributed by atoms with van der Waals surface area (Å²) in [6.45, 7) is 1.78. The van der Waals surface area contributed by atoms with Gasteiger partial charge in [-0.1, -0.05) is 6.92 Å². The summed E-state index contributed by atoms with van der Waals surface area (Å²) in [5.74, 6) is -0.558. The molecule has 0 aromatic heterocycles. The zero-order valence-corrected chi connectivity index (χ0v) is 8.67. The van der Waals surface area contributed by atoms with Gasteiger partial charge in [-0.2, -0.15) is 0 Å². The van der Waals surface area contributed by atoms with E-state index in [0.29, 0.717) is 12.0 Å². The average molecular weight is 231 g/mol. The lowest BCUT2D eigenvalue weighted by atomic mass is 10.1. The van der Waals surface area contributed by atoms with E-state index in [4.69, 9.17) is 5.73 Å². The molecule has 0 atom stereocenters. The maximum absolute atomic E-state index is 11.0. The quantitative estimate of drug-likeness (QED) is 0.685. The van der Waals surface area contributed by atoms with Crippen molar-refractivity contribution in [2.75, 3.05) is 5.73 Å². The Kier molecular flexibility index (Phi) is 1.93. The molecule has 7 heteroatoms. The number of benzene rings is 1. The van der Waals surface area contributed by atoms with Crippen molar-refractivity contribution in [3.63, 3.8) is 0 Å². The fourth-order valence-corrected chi connectivity index (χ4v) is 2.17. The first kappa shape index (κ1) is 9.91. The maximum Gasteiger partial charge on any atom is 0.501 e. The van der Waals surface area contributed by atoms with Crippen molar-refractivity contribution in [1.82, 2.24) is 0 Å². The van der Waals surface area contributed by atoms with Crippen molar-refractivity contribution < 1.29 is 21.9 Å². The van der Waals surface area contributed by atoms with Crippen molar-refractivity contribution in [3.05, 3.63) is 11.6 Å². The van der Waals surface area contributed by atoms with E-state index in [0.717, 1.165) is 0 Å². The highest BCUT2D eigenvalue weighted by Gasteiger charge is 2.33. The van der Waals surface area contributed by atoms with Gasteiger partial charge in [-0.05, 0) is 6.42 Å². The van der Waals surface area contributed by atoms with Crippen LogP contribution >= 0.6 is 0 Å². The molecule has 0 fully saturated rings. The number of nitrogen functional groups attached to an aromatic ring is 1. The molecular formula is C8H9NO5S. The number of nitrogens with two attached hydrogens (primary N) is 1.